The maximum absolute atomic E-state index is 10.8. The van der Waals surface area contributed by atoms with Crippen LogP contribution in [0.3, 0.4) is 0 Å². The Hall–Kier alpha value is -1.10. The van der Waals surface area contributed by atoms with Gasteiger partial charge in [0.25, 0.3) is 0 Å². The highest BCUT2D eigenvalue weighted by atomic mass is 35.5. The van der Waals surface area contributed by atoms with Gasteiger partial charge in [0.1, 0.15) is 0 Å². The molecule has 110 valence electrons. The summed E-state index contributed by atoms with van der Waals surface area (Å²) in [7, 11) is 0. The topological polar surface area (TPSA) is 49.6 Å². The molecule has 0 unspecified atom stereocenters. The van der Waals surface area contributed by atoms with E-state index in [2.05, 4.69) is 22.8 Å². The van der Waals surface area contributed by atoms with Crippen LogP contribution in [-0.2, 0) is 4.79 Å². The van der Waals surface area contributed by atoms with E-state index in [1.165, 1.54) is 5.56 Å². The number of nitrogens with two attached hydrogens (primary N) is 1. The van der Waals surface area contributed by atoms with Crippen LogP contribution in [0.2, 0.25) is 5.02 Å². The Morgan fingerprint density at radius 2 is 1.95 bits per heavy atom. The van der Waals surface area contributed by atoms with Crippen molar-refractivity contribution in [3.8, 4) is 0 Å². The van der Waals surface area contributed by atoms with Crippen LogP contribution in [0.1, 0.15) is 24.9 Å². The third-order valence-electron chi connectivity index (χ3n) is 3.98. The van der Waals surface area contributed by atoms with Gasteiger partial charge >= 0.3 is 0 Å². The quantitative estimate of drug-likeness (QED) is 0.902. The molecule has 1 aromatic rings. The zero-order chi connectivity index (χ0) is 14.5. The Bertz CT molecular complexity index is 458. The smallest absolute Gasteiger partial charge is 0.218 e. The average Bonchev–Trinajstić information content (AvgIpc) is 2.45. The Kier molecular flexibility index (Phi) is 5.40. The Morgan fingerprint density at radius 3 is 2.55 bits per heavy atom. The highest BCUT2D eigenvalue weighted by molar-refractivity contribution is 6.31. The lowest BCUT2D eigenvalue weighted by molar-refractivity contribution is -0.118. The molecule has 0 aromatic heterocycles. The van der Waals surface area contributed by atoms with E-state index in [4.69, 9.17) is 17.3 Å². The van der Waals surface area contributed by atoms with Gasteiger partial charge in [0.15, 0.2) is 0 Å². The summed E-state index contributed by atoms with van der Waals surface area (Å²) in [6.45, 7) is 6.89. The van der Waals surface area contributed by atoms with Crippen LogP contribution in [0.15, 0.2) is 24.3 Å². The fourth-order valence-electron chi connectivity index (χ4n) is 2.65. The number of rotatable bonds is 5. The van der Waals surface area contributed by atoms with E-state index in [1.807, 2.05) is 18.2 Å². The van der Waals surface area contributed by atoms with Gasteiger partial charge < -0.3 is 10.6 Å². The fraction of sp³-hybridized carbons (Fsp3) is 0.533. The summed E-state index contributed by atoms with van der Waals surface area (Å²) < 4.78 is 0. The number of piperazine rings is 1. The maximum atomic E-state index is 10.8. The van der Waals surface area contributed by atoms with Gasteiger partial charge in [-0.3, -0.25) is 9.69 Å². The van der Waals surface area contributed by atoms with Crippen LogP contribution in [0.5, 0.6) is 0 Å². The maximum Gasteiger partial charge on any atom is 0.218 e. The molecule has 2 rings (SSSR count). The molecule has 1 fully saturated rings. The van der Waals surface area contributed by atoms with Crippen molar-refractivity contribution in [2.24, 2.45) is 5.73 Å². The molecule has 0 aliphatic carbocycles. The van der Waals surface area contributed by atoms with Crippen molar-refractivity contribution in [2.45, 2.75) is 19.4 Å². The molecule has 20 heavy (non-hydrogen) atoms. The number of carbonyl (C=O) groups is 1. The van der Waals surface area contributed by atoms with E-state index in [1.54, 1.807) is 0 Å². The van der Waals surface area contributed by atoms with Crippen LogP contribution in [0.4, 0.5) is 0 Å². The molecule has 1 aliphatic rings. The largest absolute Gasteiger partial charge is 0.370 e. The number of halogens is 1. The van der Waals surface area contributed by atoms with Crippen molar-refractivity contribution in [1.29, 1.82) is 0 Å². The molecule has 0 bridgehead atoms. The molecule has 1 aliphatic heterocycles. The highest BCUT2D eigenvalue weighted by Crippen LogP contribution is 2.27. The van der Waals surface area contributed by atoms with Gasteiger partial charge in [0.05, 0.1) is 0 Å². The van der Waals surface area contributed by atoms with E-state index < -0.39 is 0 Å². The van der Waals surface area contributed by atoms with Gasteiger partial charge in [-0.05, 0) is 18.6 Å². The molecule has 1 amide bonds. The highest BCUT2D eigenvalue weighted by Gasteiger charge is 2.23. The molecule has 5 heteroatoms. The predicted octanol–water partition coefficient (Wildman–Crippen LogP) is 1.89. The van der Waals surface area contributed by atoms with Crippen molar-refractivity contribution in [1.82, 2.24) is 9.80 Å². The van der Waals surface area contributed by atoms with Crippen molar-refractivity contribution < 1.29 is 4.79 Å². The number of carbonyl (C=O) groups excluding carboxylic acids is 1. The monoisotopic (exact) mass is 295 g/mol. The van der Waals surface area contributed by atoms with Crippen LogP contribution < -0.4 is 5.73 Å². The van der Waals surface area contributed by atoms with Crippen LogP contribution in [0, 0.1) is 0 Å². The molecule has 0 spiro atoms. The number of amides is 1. The zero-order valence-corrected chi connectivity index (χ0v) is 12.6. The van der Waals surface area contributed by atoms with Crippen molar-refractivity contribution in [2.75, 3.05) is 32.7 Å². The van der Waals surface area contributed by atoms with Gasteiger partial charge in [-0.2, -0.15) is 0 Å². The summed E-state index contributed by atoms with van der Waals surface area (Å²) >= 11 is 6.26. The zero-order valence-electron chi connectivity index (χ0n) is 11.9. The van der Waals surface area contributed by atoms with Crippen molar-refractivity contribution >= 4 is 17.5 Å². The number of nitrogens with zero attached hydrogens (tertiary/aromatic N) is 2. The molecule has 0 radical (unpaired) electrons. The van der Waals surface area contributed by atoms with Crippen molar-refractivity contribution in [3.05, 3.63) is 34.9 Å². The van der Waals surface area contributed by atoms with Crippen LogP contribution in [0.25, 0.3) is 0 Å². The molecule has 1 aromatic carbocycles. The molecule has 0 saturated carbocycles. The van der Waals surface area contributed by atoms with Gasteiger partial charge in [-0.15, -0.1) is 0 Å². The molecule has 4 nitrogen and oxygen atoms in total. The lowest BCUT2D eigenvalue weighted by Crippen LogP contribution is -2.47. The second kappa shape index (κ2) is 7.07. The summed E-state index contributed by atoms with van der Waals surface area (Å²) in [6, 6.07) is 8.34. The van der Waals surface area contributed by atoms with E-state index in [-0.39, 0.29) is 5.91 Å². The standard InChI is InChI=1S/C15H22ClN3O/c1-12(13-4-2-3-5-14(13)16)19-10-8-18(9-11-19)7-6-15(17)20/h2-5,12H,6-11H2,1H3,(H2,17,20)/t12-/m1/s1. The lowest BCUT2D eigenvalue weighted by atomic mass is 10.1. The molecule has 1 heterocycles. The Labute approximate surface area is 125 Å². The van der Waals surface area contributed by atoms with Crippen LogP contribution in [-0.4, -0.2) is 48.4 Å². The third kappa shape index (κ3) is 3.95. The average molecular weight is 296 g/mol. The molecule has 1 saturated heterocycles. The first kappa shape index (κ1) is 15.3. The predicted molar refractivity (Wildman–Crippen MR) is 81.7 cm³/mol. The van der Waals surface area contributed by atoms with E-state index in [0.717, 1.165) is 37.7 Å². The fourth-order valence-corrected chi connectivity index (χ4v) is 2.95. The normalized spacial score (nSPS) is 18.9. The Morgan fingerprint density at radius 1 is 1.30 bits per heavy atom. The second-order valence-electron chi connectivity index (χ2n) is 5.29. The van der Waals surface area contributed by atoms with Gasteiger partial charge in [0.2, 0.25) is 5.91 Å². The molecular formula is C15H22ClN3O. The third-order valence-corrected chi connectivity index (χ3v) is 4.33. The summed E-state index contributed by atoms with van der Waals surface area (Å²) in [4.78, 5) is 15.5. The van der Waals surface area contributed by atoms with Gasteiger partial charge in [0, 0.05) is 50.2 Å². The Balaban J connectivity index is 1.87. The summed E-state index contributed by atoms with van der Waals surface area (Å²) in [5.41, 5.74) is 6.37. The number of primary amides is 1. The minimum Gasteiger partial charge on any atom is -0.370 e. The summed E-state index contributed by atoms with van der Waals surface area (Å²) in [5, 5.41) is 0.830. The number of hydrogen-bond acceptors (Lipinski definition) is 3. The lowest BCUT2D eigenvalue weighted by Gasteiger charge is -2.38. The first-order chi connectivity index (χ1) is 9.58. The van der Waals surface area contributed by atoms with Crippen LogP contribution >= 0.6 is 11.6 Å². The first-order valence-corrected chi connectivity index (χ1v) is 7.45. The number of hydrogen-bond donors (Lipinski definition) is 1. The summed E-state index contributed by atoms with van der Waals surface area (Å²) in [6.07, 6.45) is 0.445. The summed E-state index contributed by atoms with van der Waals surface area (Å²) in [5.74, 6) is -0.225. The molecule has 2 N–H and O–H groups in total. The molecule has 1 atom stereocenters. The SMILES string of the molecule is C[C@H](c1ccccc1Cl)N1CCN(CCC(N)=O)CC1. The van der Waals surface area contributed by atoms with Gasteiger partial charge in [-0.25, -0.2) is 0 Å². The van der Waals surface area contributed by atoms with E-state index >= 15 is 0 Å². The first-order valence-electron chi connectivity index (χ1n) is 7.07. The van der Waals surface area contributed by atoms with Gasteiger partial charge in [-0.1, -0.05) is 29.8 Å². The second-order valence-corrected chi connectivity index (χ2v) is 5.70. The van der Waals surface area contributed by atoms with E-state index in [0.29, 0.717) is 12.5 Å². The van der Waals surface area contributed by atoms with E-state index in [9.17, 15) is 4.79 Å². The number of benzene rings is 1. The minimum atomic E-state index is -0.225. The minimum absolute atomic E-state index is 0.225. The van der Waals surface area contributed by atoms with Crippen molar-refractivity contribution in [3.63, 3.8) is 0 Å². The molecular weight excluding hydrogens is 274 g/mol.